The van der Waals surface area contributed by atoms with Gasteiger partial charge in [0.15, 0.2) is 0 Å². The Labute approximate surface area is 144 Å². The van der Waals surface area contributed by atoms with Gasteiger partial charge in [-0.1, -0.05) is 13.8 Å². The molecule has 1 aromatic rings. The number of carbonyl (C=O) groups is 1. The summed E-state index contributed by atoms with van der Waals surface area (Å²) in [4.78, 5) is 18.3. The molecule has 130 valence electrons. The Morgan fingerprint density at radius 1 is 1.33 bits per heavy atom. The Hall–Kier alpha value is -1.88. The number of amides is 1. The lowest BCUT2D eigenvalue weighted by Gasteiger charge is -2.17. The number of aromatic amines is 1. The number of nitrogens with zero attached hydrogens (tertiary/aromatic N) is 3. The minimum atomic E-state index is 0.0360. The van der Waals surface area contributed by atoms with Crippen LogP contribution in [0.4, 0.5) is 0 Å². The predicted molar refractivity (Wildman–Crippen MR) is 98.1 cm³/mol. The van der Waals surface area contributed by atoms with Crippen LogP contribution in [0, 0.1) is 13.8 Å². The molecule has 1 fully saturated rings. The summed E-state index contributed by atoms with van der Waals surface area (Å²) in [5.41, 5.74) is 5.54. The van der Waals surface area contributed by atoms with E-state index in [1.807, 2.05) is 6.08 Å². The van der Waals surface area contributed by atoms with Gasteiger partial charge in [-0.05, 0) is 63.4 Å². The van der Waals surface area contributed by atoms with Crippen molar-refractivity contribution in [3.05, 3.63) is 28.1 Å². The molecule has 3 rings (SSSR count). The van der Waals surface area contributed by atoms with Crippen molar-refractivity contribution < 1.29 is 4.79 Å². The normalized spacial score (nSPS) is 19.3. The topological polar surface area (TPSA) is 51.7 Å². The first-order valence-electron chi connectivity index (χ1n) is 9.04. The lowest BCUT2D eigenvalue weighted by molar-refractivity contribution is -0.126. The number of rotatable bonds is 7. The van der Waals surface area contributed by atoms with E-state index in [2.05, 4.69) is 42.7 Å². The smallest absolute Gasteiger partial charge is 0.275 e. The number of hydrogen-bond donors (Lipinski definition) is 1. The number of likely N-dealkylation sites (N-methyl/N-ethyl adjacent to an activating group) is 1. The summed E-state index contributed by atoms with van der Waals surface area (Å²) in [5, 5.41) is 5.90. The van der Waals surface area contributed by atoms with Crippen LogP contribution in [0.15, 0.2) is 10.7 Å². The first-order valence-corrected chi connectivity index (χ1v) is 9.04. The second-order valence-corrected chi connectivity index (χ2v) is 6.77. The molecule has 0 unspecified atom stereocenters. The van der Waals surface area contributed by atoms with E-state index in [0.717, 1.165) is 44.6 Å². The molecular formula is C19H28N4O. The summed E-state index contributed by atoms with van der Waals surface area (Å²) in [6, 6.07) is 0.329. The number of aryl methyl sites for hydroxylation is 1. The maximum Gasteiger partial charge on any atom is 0.275 e. The Kier molecular flexibility index (Phi) is 4.90. The average molecular weight is 328 g/mol. The lowest BCUT2D eigenvalue weighted by Crippen LogP contribution is -2.25. The molecule has 5 nitrogen and oxygen atoms in total. The molecule has 0 saturated heterocycles. The Morgan fingerprint density at radius 3 is 2.67 bits per heavy atom. The van der Waals surface area contributed by atoms with E-state index >= 15 is 0 Å². The van der Waals surface area contributed by atoms with E-state index in [0.29, 0.717) is 11.6 Å². The highest BCUT2D eigenvalue weighted by molar-refractivity contribution is 6.18. The number of carbonyl (C=O) groups excluding carboxylic acids is 1. The van der Waals surface area contributed by atoms with Crippen LogP contribution in [0.3, 0.4) is 0 Å². The number of H-pyrrole nitrogens is 1. The van der Waals surface area contributed by atoms with Gasteiger partial charge in [-0.25, -0.2) is 5.01 Å². The molecule has 0 radical (unpaired) electrons. The van der Waals surface area contributed by atoms with Crippen LogP contribution in [-0.4, -0.2) is 52.7 Å². The van der Waals surface area contributed by atoms with E-state index in [9.17, 15) is 4.79 Å². The molecule has 0 aromatic carbocycles. The molecule has 0 spiro atoms. The number of aromatic nitrogens is 1. The SMILES string of the molecule is CCN(CC)CCc1c(C)[nH]c(C=C2C=NN(C3CC3)C2=O)c1C. The van der Waals surface area contributed by atoms with Gasteiger partial charge in [0, 0.05) is 17.9 Å². The molecule has 24 heavy (non-hydrogen) atoms. The lowest BCUT2D eigenvalue weighted by atomic mass is 10.1. The van der Waals surface area contributed by atoms with Crippen molar-refractivity contribution >= 4 is 18.2 Å². The molecule has 1 aliphatic carbocycles. The monoisotopic (exact) mass is 328 g/mol. The maximum absolute atomic E-state index is 12.4. The first-order chi connectivity index (χ1) is 11.5. The third-order valence-corrected chi connectivity index (χ3v) is 5.17. The highest BCUT2D eigenvalue weighted by Gasteiger charge is 2.36. The van der Waals surface area contributed by atoms with Gasteiger partial charge in [0.2, 0.25) is 0 Å². The fourth-order valence-electron chi connectivity index (χ4n) is 3.34. The fraction of sp³-hybridized carbons (Fsp3) is 0.579. The highest BCUT2D eigenvalue weighted by atomic mass is 16.2. The van der Waals surface area contributed by atoms with Gasteiger partial charge in [0.1, 0.15) is 0 Å². The first kappa shape index (κ1) is 17.0. The number of nitrogens with one attached hydrogen (secondary N) is 1. The summed E-state index contributed by atoms with van der Waals surface area (Å²) in [7, 11) is 0. The maximum atomic E-state index is 12.4. The van der Waals surface area contributed by atoms with Crippen molar-refractivity contribution in [1.29, 1.82) is 0 Å². The summed E-state index contributed by atoms with van der Waals surface area (Å²) in [6.07, 6.45) is 6.84. The molecule has 0 atom stereocenters. The van der Waals surface area contributed by atoms with E-state index in [4.69, 9.17) is 0 Å². The predicted octanol–water partition coefficient (Wildman–Crippen LogP) is 2.89. The van der Waals surface area contributed by atoms with Crippen molar-refractivity contribution in [1.82, 2.24) is 14.9 Å². The zero-order valence-corrected chi connectivity index (χ0v) is 15.2. The zero-order chi connectivity index (χ0) is 17.3. The second kappa shape index (κ2) is 6.93. The summed E-state index contributed by atoms with van der Waals surface area (Å²) in [5.74, 6) is 0.0360. The summed E-state index contributed by atoms with van der Waals surface area (Å²) >= 11 is 0. The third kappa shape index (κ3) is 3.31. The summed E-state index contributed by atoms with van der Waals surface area (Å²) in [6.45, 7) is 11.9. The van der Waals surface area contributed by atoms with Gasteiger partial charge in [-0.3, -0.25) is 4.79 Å². The standard InChI is InChI=1S/C19H28N4O/c1-5-22(6-2)10-9-17-13(3)18(21-14(17)4)11-15-12-20-23(19(15)24)16-7-8-16/h11-12,16,21H,5-10H2,1-4H3. The molecule has 0 bridgehead atoms. The van der Waals surface area contributed by atoms with E-state index < -0.39 is 0 Å². The van der Waals surface area contributed by atoms with Crippen LogP contribution in [-0.2, 0) is 11.2 Å². The van der Waals surface area contributed by atoms with Gasteiger partial charge in [-0.2, -0.15) is 5.10 Å². The Bertz CT molecular complexity index is 678. The molecule has 5 heteroatoms. The van der Waals surface area contributed by atoms with Gasteiger partial charge in [0.25, 0.3) is 5.91 Å². The number of hydrogen-bond acceptors (Lipinski definition) is 3. The Balaban J connectivity index is 1.75. The third-order valence-electron chi connectivity index (χ3n) is 5.17. The van der Waals surface area contributed by atoms with Crippen molar-refractivity contribution in [3.8, 4) is 0 Å². The molecule has 1 N–H and O–H groups in total. The van der Waals surface area contributed by atoms with E-state index in [1.54, 1.807) is 11.2 Å². The summed E-state index contributed by atoms with van der Waals surface area (Å²) < 4.78 is 0. The van der Waals surface area contributed by atoms with Crippen LogP contribution in [0.2, 0.25) is 0 Å². The molecule has 1 saturated carbocycles. The number of hydrazone groups is 1. The largest absolute Gasteiger partial charge is 0.359 e. The van der Waals surface area contributed by atoms with Crippen LogP contribution in [0.25, 0.3) is 6.08 Å². The van der Waals surface area contributed by atoms with Gasteiger partial charge >= 0.3 is 0 Å². The van der Waals surface area contributed by atoms with Gasteiger partial charge < -0.3 is 9.88 Å². The minimum absolute atomic E-state index is 0.0360. The molecule has 1 amide bonds. The quantitative estimate of drug-likeness (QED) is 0.783. The fourth-order valence-corrected chi connectivity index (χ4v) is 3.34. The van der Waals surface area contributed by atoms with Crippen LogP contribution in [0.5, 0.6) is 0 Å². The van der Waals surface area contributed by atoms with Gasteiger partial charge in [-0.15, -0.1) is 0 Å². The molecule has 2 heterocycles. The van der Waals surface area contributed by atoms with Crippen molar-refractivity contribution in [2.24, 2.45) is 5.10 Å². The van der Waals surface area contributed by atoms with E-state index in [-0.39, 0.29) is 5.91 Å². The van der Waals surface area contributed by atoms with Crippen molar-refractivity contribution in [2.75, 3.05) is 19.6 Å². The highest BCUT2D eigenvalue weighted by Crippen LogP contribution is 2.31. The van der Waals surface area contributed by atoms with Crippen molar-refractivity contribution in [3.63, 3.8) is 0 Å². The zero-order valence-electron chi connectivity index (χ0n) is 15.2. The molecular weight excluding hydrogens is 300 g/mol. The van der Waals surface area contributed by atoms with Crippen LogP contribution >= 0.6 is 0 Å². The van der Waals surface area contributed by atoms with Gasteiger partial charge in [0.05, 0.1) is 17.8 Å². The molecule has 2 aliphatic rings. The van der Waals surface area contributed by atoms with E-state index in [1.165, 1.54) is 16.8 Å². The Morgan fingerprint density at radius 2 is 2.04 bits per heavy atom. The molecule has 1 aromatic heterocycles. The second-order valence-electron chi connectivity index (χ2n) is 6.77. The molecule has 1 aliphatic heterocycles. The van der Waals surface area contributed by atoms with Crippen LogP contribution in [0.1, 0.15) is 49.2 Å². The average Bonchev–Trinajstić information content (AvgIpc) is 3.30. The van der Waals surface area contributed by atoms with Crippen LogP contribution < -0.4 is 0 Å². The minimum Gasteiger partial charge on any atom is -0.359 e. The van der Waals surface area contributed by atoms with Crippen molar-refractivity contribution in [2.45, 2.75) is 53.0 Å².